The van der Waals surface area contributed by atoms with Crippen LogP contribution in [0.4, 0.5) is 10.1 Å². The number of methoxy groups -OCH3 is 1. The molecule has 1 saturated carbocycles. The van der Waals surface area contributed by atoms with E-state index in [1.807, 2.05) is 24.0 Å². The number of carbonyl (C=O) groups is 2. The highest BCUT2D eigenvalue weighted by atomic mass is 19.1. The Bertz CT molecular complexity index is 1030. The number of rotatable bonds is 7. The standard InChI is InChI=1S/C29H40FN3O3/c1-19-9-5-8-12-23(19)27(36-4)28(34)31-26-14-13-25(30)24(21(26)3)18-32-15-16-33(20(2)17-32)29(35)22-10-6-7-11-22/h5,8,12-14,19-20,22,27H,6-7,9-11,15-18H2,1-4H3,(H,31,34)/t19?,20-,27+/m0/s1. The third-order valence-electron chi connectivity index (χ3n) is 8.14. The number of carbonyl (C=O) groups excluding carboxylic acids is 2. The molecule has 2 amide bonds. The minimum Gasteiger partial charge on any atom is -0.367 e. The fourth-order valence-electron chi connectivity index (χ4n) is 5.89. The summed E-state index contributed by atoms with van der Waals surface area (Å²) in [5, 5.41) is 2.98. The summed E-state index contributed by atoms with van der Waals surface area (Å²) < 4.78 is 20.5. The number of hydrogen-bond donors (Lipinski definition) is 1. The van der Waals surface area contributed by atoms with Gasteiger partial charge in [0.25, 0.3) is 5.91 Å². The largest absolute Gasteiger partial charge is 0.367 e. The van der Waals surface area contributed by atoms with Crippen LogP contribution in [0.15, 0.2) is 35.9 Å². The van der Waals surface area contributed by atoms with Crippen LogP contribution >= 0.6 is 0 Å². The molecule has 1 aromatic carbocycles. The molecule has 196 valence electrons. The minimum atomic E-state index is -0.691. The van der Waals surface area contributed by atoms with Crippen molar-refractivity contribution in [3.05, 3.63) is 52.9 Å². The number of halogens is 1. The molecule has 1 saturated heterocycles. The van der Waals surface area contributed by atoms with E-state index >= 15 is 0 Å². The van der Waals surface area contributed by atoms with E-state index in [-0.39, 0.29) is 35.5 Å². The van der Waals surface area contributed by atoms with E-state index in [0.29, 0.717) is 37.4 Å². The van der Waals surface area contributed by atoms with Crippen molar-refractivity contribution < 1.29 is 18.7 Å². The van der Waals surface area contributed by atoms with Gasteiger partial charge in [-0.2, -0.15) is 0 Å². The van der Waals surface area contributed by atoms with Crippen molar-refractivity contribution in [1.82, 2.24) is 9.80 Å². The highest BCUT2D eigenvalue weighted by Gasteiger charge is 2.33. The summed E-state index contributed by atoms with van der Waals surface area (Å²) in [6.07, 6.45) is 10.5. The van der Waals surface area contributed by atoms with Crippen LogP contribution in [-0.2, 0) is 20.9 Å². The normalized spacial score (nSPS) is 24.0. The fraction of sp³-hybridized carbons (Fsp3) is 0.586. The topological polar surface area (TPSA) is 61.9 Å². The van der Waals surface area contributed by atoms with Crippen molar-refractivity contribution in [2.24, 2.45) is 11.8 Å². The molecule has 0 aromatic heterocycles. The van der Waals surface area contributed by atoms with Gasteiger partial charge in [0.15, 0.2) is 6.10 Å². The van der Waals surface area contributed by atoms with Crippen LogP contribution in [0.2, 0.25) is 0 Å². The Morgan fingerprint density at radius 2 is 1.94 bits per heavy atom. The minimum absolute atomic E-state index is 0.0976. The lowest BCUT2D eigenvalue weighted by atomic mass is 9.89. The lowest BCUT2D eigenvalue weighted by Crippen LogP contribution is -2.54. The van der Waals surface area contributed by atoms with Crippen LogP contribution in [0.25, 0.3) is 0 Å². The molecular formula is C29H40FN3O3. The van der Waals surface area contributed by atoms with Crippen molar-refractivity contribution >= 4 is 17.5 Å². The predicted octanol–water partition coefficient (Wildman–Crippen LogP) is 4.83. The van der Waals surface area contributed by atoms with E-state index in [4.69, 9.17) is 4.74 Å². The maximum atomic E-state index is 15.0. The van der Waals surface area contributed by atoms with Gasteiger partial charge in [-0.1, -0.05) is 38.0 Å². The first-order chi connectivity index (χ1) is 17.3. The average Bonchev–Trinajstić information content (AvgIpc) is 3.40. The van der Waals surface area contributed by atoms with Gasteiger partial charge in [0, 0.05) is 56.5 Å². The highest BCUT2D eigenvalue weighted by molar-refractivity contribution is 5.97. The molecule has 2 fully saturated rings. The van der Waals surface area contributed by atoms with E-state index < -0.39 is 6.10 Å². The molecule has 4 rings (SSSR count). The second-order valence-corrected chi connectivity index (χ2v) is 10.6. The summed E-state index contributed by atoms with van der Waals surface area (Å²) in [7, 11) is 1.54. The predicted molar refractivity (Wildman–Crippen MR) is 140 cm³/mol. The molecule has 1 aromatic rings. The molecule has 1 heterocycles. The quantitative estimate of drug-likeness (QED) is 0.586. The first-order valence-corrected chi connectivity index (χ1v) is 13.3. The van der Waals surface area contributed by atoms with E-state index in [1.165, 1.54) is 13.2 Å². The van der Waals surface area contributed by atoms with E-state index in [2.05, 4.69) is 30.1 Å². The number of nitrogens with one attached hydrogen (secondary N) is 1. The van der Waals surface area contributed by atoms with Gasteiger partial charge in [-0.15, -0.1) is 0 Å². The molecule has 0 radical (unpaired) electrons. The number of allylic oxidation sites excluding steroid dienone is 3. The second kappa shape index (κ2) is 11.7. The summed E-state index contributed by atoms with van der Waals surface area (Å²) in [5.41, 5.74) is 2.84. The van der Waals surface area contributed by atoms with Gasteiger partial charge in [-0.25, -0.2) is 4.39 Å². The molecular weight excluding hydrogens is 457 g/mol. The number of ether oxygens (including phenoxy) is 1. The molecule has 3 atom stereocenters. The average molecular weight is 498 g/mol. The van der Waals surface area contributed by atoms with Gasteiger partial charge >= 0.3 is 0 Å². The summed E-state index contributed by atoms with van der Waals surface area (Å²) in [6, 6.07) is 3.15. The number of amides is 2. The number of benzene rings is 1. The van der Waals surface area contributed by atoms with Crippen LogP contribution in [-0.4, -0.2) is 60.5 Å². The number of piperazine rings is 1. The number of hydrogen-bond acceptors (Lipinski definition) is 4. The Hall–Kier alpha value is -2.51. The van der Waals surface area contributed by atoms with Crippen LogP contribution in [0.3, 0.4) is 0 Å². The van der Waals surface area contributed by atoms with Gasteiger partial charge in [0.1, 0.15) is 5.82 Å². The Labute approximate surface area is 214 Å². The maximum Gasteiger partial charge on any atom is 0.257 e. The molecule has 7 heteroatoms. The smallest absolute Gasteiger partial charge is 0.257 e. The molecule has 1 N–H and O–H groups in total. The van der Waals surface area contributed by atoms with Crippen molar-refractivity contribution in [2.45, 2.75) is 71.6 Å². The number of nitrogens with zero attached hydrogens (tertiary/aromatic N) is 2. The first-order valence-electron chi connectivity index (χ1n) is 13.3. The molecule has 2 aliphatic carbocycles. The van der Waals surface area contributed by atoms with Gasteiger partial charge in [-0.05, 0) is 62.3 Å². The highest BCUT2D eigenvalue weighted by Crippen LogP contribution is 2.30. The second-order valence-electron chi connectivity index (χ2n) is 10.6. The Morgan fingerprint density at radius 3 is 2.61 bits per heavy atom. The zero-order chi connectivity index (χ0) is 25.8. The Morgan fingerprint density at radius 1 is 1.19 bits per heavy atom. The third-order valence-corrected chi connectivity index (χ3v) is 8.14. The summed E-state index contributed by atoms with van der Waals surface area (Å²) >= 11 is 0. The maximum absolute atomic E-state index is 15.0. The van der Waals surface area contributed by atoms with Crippen molar-refractivity contribution in [3.63, 3.8) is 0 Å². The number of anilines is 1. The molecule has 6 nitrogen and oxygen atoms in total. The molecule has 36 heavy (non-hydrogen) atoms. The molecule has 3 aliphatic rings. The van der Waals surface area contributed by atoms with Crippen LogP contribution in [0, 0.1) is 24.6 Å². The zero-order valence-corrected chi connectivity index (χ0v) is 22.1. The van der Waals surface area contributed by atoms with Crippen molar-refractivity contribution in [3.8, 4) is 0 Å². The SMILES string of the molecule is CO[C@@H](C(=O)Nc1ccc(F)c(CN2CCN(C(=O)C3CCCC3)[C@@H](C)C2)c1C)C1=CC=CCC1C. The molecule has 0 spiro atoms. The zero-order valence-electron chi connectivity index (χ0n) is 22.1. The fourth-order valence-corrected chi connectivity index (χ4v) is 5.89. The summed E-state index contributed by atoms with van der Waals surface area (Å²) in [6.45, 7) is 8.55. The van der Waals surface area contributed by atoms with Crippen LogP contribution in [0.1, 0.15) is 57.1 Å². The third kappa shape index (κ3) is 5.73. The van der Waals surface area contributed by atoms with Gasteiger partial charge < -0.3 is 15.0 Å². The molecule has 0 bridgehead atoms. The Balaban J connectivity index is 1.43. The lowest BCUT2D eigenvalue weighted by molar-refractivity contribution is -0.140. The van der Waals surface area contributed by atoms with E-state index in [9.17, 15) is 14.0 Å². The van der Waals surface area contributed by atoms with Crippen LogP contribution < -0.4 is 5.32 Å². The summed E-state index contributed by atoms with van der Waals surface area (Å²) in [5.74, 6) is 0.159. The van der Waals surface area contributed by atoms with Crippen molar-refractivity contribution in [2.75, 3.05) is 32.1 Å². The lowest BCUT2D eigenvalue weighted by Gasteiger charge is -2.41. The van der Waals surface area contributed by atoms with Crippen molar-refractivity contribution in [1.29, 1.82) is 0 Å². The monoisotopic (exact) mass is 497 g/mol. The van der Waals surface area contributed by atoms with Gasteiger partial charge in [0.2, 0.25) is 5.91 Å². The van der Waals surface area contributed by atoms with E-state index in [1.54, 1.807) is 6.07 Å². The Kier molecular flexibility index (Phi) is 8.62. The van der Waals surface area contributed by atoms with Crippen LogP contribution in [0.5, 0.6) is 0 Å². The molecule has 1 aliphatic heterocycles. The summed E-state index contributed by atoms with van der Waals surface area (Å²) in [4.78, 5) is 30.3. The van der Waals surface area contributed by atoms with Gasteiger partial charge in [0.05, 0.1) is 0 Å². The first kappa shape index (κ1) is 26.6. The van der Waals surface area contributed by atoms with E-state index in [0.717, 1.165) is 43.2 Å². The van der Waals surface area contributed by atoms with Gasteiger partial charge in [-0.3, -0.25) is 14.5 Å². The molecule has 1 unspecified atom stereocenters.